The number of nitrogens with two attached hydrogens (primary N) is 1. The third kappa shape index (κ3) is 1.46. The molecule has 60 valence electrons. The Morgan fingerprint density at radius 1 is 1.27 bits per heavy atom. The van der Waals surface area contributed by atoms with Gasteiger partial charge < -0.3 is 15.9 Å². The first-order valence-corrected chi connectivity index (χ1v) is 3.85. The van der Waals surface area contributed by atoms with Crippen LogP contribution in [0.1, 0.15) is 5.56 Å². The molecule has 1 aromatic carbocycles. The minimum absolute atomic E-state index is 0.151. The van der Waals surface area contributed by atoms with Crippen molar-refractivity contribution in [3.63, 3.8) is 0 Å². The Hall–Kier alpha value is -0.740. The number of phenolic OH excluding ortho intramolecular Hbond substituents is 2. The van der Waals surface area contributed by atoms with Crippen LogP contribution in [0.4, 0.5) is 0 Å². The molecule has 0 unspecified atom stereocenters. The van der Waals surface area contributed by atoms with Crippen molar-refractivity contribution in [2.24, 2.45) is 5.73 Å². The van der Waals surface area contributed by atoms with Crippen LogP contribution in [0, 0.1) is 0 Å². The second-order valence-corrected chi connectivity index (χ2v) is 2.96. The number of benzene rings is 1. The minimum atomic E-state index is -0.159. The first-order valence-electron chi connectivity index (χ1n) is 3.06. The third-order valence-corrected chi connectivity index (χ3v) is 2.05. The Morgan fingerprint density at radius 2 is 1.91 bits per heavy atom. The van der Waals surface area contributed by atoms with Gasteiger partial charge in [0.2, 0.25) is 0 Å². The van der Waals surface area contributed by atoms with Gasteiger partial charge in [-0.2, -0.15) is 0 Å². The van der Waals surface area contributed by atoms with Crippen LogP contribution < -0.4 is 5.73 Å². The van der Waals surface area contributed by atoms with Crippen molar-refractivity contribution in [1.29, 1.82) is 0 Å². The average Bonchev–Trinajstić information content (AvgIpc) is 2.01. The molecule has 0 amide bonds. The Morgan fingerprint density at radius 3 is 2.45 bits per heavy atom. The highest BCUT2D eigenvalue weighted by atomic mass is 79.9. The first-order chi connectivity index (χ1) is 5.16. The Balaban J connectivity index is 3.25. The summed E-state index contributed by atoms with van der Waals surface area (Å²) in [6, 6.07) is 3.29. The molecule has 0 radical (unpaired) electrons. The van der Waals surface area contributed by atoms with Crippen molar-refractivity contribution >= 4 is 15.9 Å². The van der Waals surface area contributed by atoms with E-state index in [1.165, 1.54) is 0 Å². The van der Waals surface area contributed by atoms with Gasteiger partial charge in [-0.15, -0.1) is 0 Å². The van der Waals surface area contributed by atoms with E-state index >= 15 is 0 Å². The summed E-state index contributed by atoms with van der Waals surface area (Å²) in [4.78, 5) is 0. The molecule has 3 nitrogen and oxygen atoms in total. The molecule has 0 aliphatic rings. The fraction of sp³-hybridized carbons (Fsp3) is 0.143. The highest BCUT2D eigenvalue weighted by Crippen LogP contribution is 2.35. The van der Waals surface area contributed by atoms with Crippen molar-refractivity contribution < 1.29 is 10.2 Å². The lowest BCUT2D eigenvalue weighted by atomic mass is 10.2. The molecule has 4 heteroatoms. The number of hydrogen-bond acceptors (Lipinski definition) is 3. The standard InChI is InChI=1S/C7H8BrNO2/c8-5-2-1-4(3-9)6(10)7(5)11/h1-2,10-11H,3,9H2. The maximum Gasteiger partial charge on any atom is 0.172 e. The molecule has 0 bridgehead atoms. The van der Waals surface area contributed by atoms with Gasteiger partial charge in [0.15, 0.2) is 11.5 Å². The summed E-state index contributed by atoms with van der Waals surface area (Å²) in [5, 5.41) is 18.4. The van der Waals surface area contributed by atoms with Crippen molar-refractivity contribution in [3.8, 4) is 11.5 Å². The van der Waals surface area contributed by atoms with E-state index in [0.717, 1.165) is 0 Å². The zero-order valence-electron chi connectivity index (χ0n) is 5.71. The Bertz CT molecular complexity index is 275. The molecule has 0 aromatic heterocycles. The van der Waals surface area contributed by atoms with Gasteiger partial charge in [0.05, 0.1) is 4.47 Å². The predicted molar refractivity (Wildman–Crippen MR) is 45.4 cm³/mol. The van der Waals surface area contributed by atoms with E-state index in [-0.39, 0.29) is 18.0 Å². The molecule has 0 aliphatic heterocycles. The quantitative estimate of drug-likeness (QED) is 0.622. The number of rotatable bonds is 1. The summed E-state index contributed by atoms with van der Waals surface area (Å²) in [5.74, 6) is -0.310. The van der Waals surface area contributed by atoms with E-state index in [1.54, 1.807) is 12.1 Å². The highest BCUT2D eigenvalue weighted by molar-refractivity contribution is 9.10. The van der Waals surface area contributed by atoms with Gasteiger partial charge in [-0.1, -0.05) is 6.07 Å². The maximum atomic E-state index is 9.22. The largest absolute Gasteiger partial charge is 0.504 e. The van der Waals surface area contributed by atoms with Crippen LogP contribution in [0.3, 0.4) is 0 Å². The van der Waals surface area contributed by atoms with Gasteiger partial charge in [0.25, 0.3) is 0 Å². The van der Waals surface area contributed by atoms with Crippen LogP contribution in [-0.4, -0.2) is 10.2 Å². The van der Waals surface area contributed by atoms with E-state index in [9.17, 15) is 5.11 Å². The normalized spacial score (nSPS) is 10.0. The van der Waals surface area contributed by atoms with Crippen molar-refractivity contribution in [3.05, 3.63) is 22.2 Å². The second kappa shape index (κ2) is 3.11. The molecular formula is C7H8BrNO2. The first kappa shape index (κ1) is 8.36. The van der Waals surface area contributed by atoms with E-state index in [0.29, 0.717) is 10.0 Å². The summed E-state index contributed by atoms with van der Waals surface area (Å²) in [6.07, 6.45) is 0. The summed E-state index contributed by atoms with van der Waals surface area (Å²) in [5.41, 5.74) is 5.82. The summed E-state index contributed by atoms with van der Waals surface area (Å²) >= 11 is 3.06. The predicted octanol–water partition coefficient (Wildman–Crippen LogP) is 1.32. The zero-order chi connectivity index (χ0) is 8.43. The molecule has 0 atom stereocenters. The summed E-state index contributed by atoms with van der Waals surface area (Å²) in [6.45, 7) is 0.215. The van der Waals surface area contributed by atoms with Crippen LogP contribution in [0.2, 0.25) is 0 Å². The van der Waals surface area contributed by atoms with E-state index < -0.39 is 0 Å². The number of hydrogen-bond donors (Lipinski definition) is 3. The molecule has 0 fully saturated rings. The Kier molecular flexibility index (Phi) is 2.36. The van der Waals surface area contributed by atoms with Crippen LogP contribution >= 0.6 is 15.9 Å². The van der Waals surface area contributed by atoms with Gasteiger partial charge >= 0.3 is 0 Å². The molecule has 1 aromatic rings. The van der Waals surface area contributed by atoms with E-state index in [1.807, 2.05) is 0 Å². The molecule has 0 saturated heterocycles. The lowest BCUT2D eigenvalue weighted by Gasteiger charge is -2.04. The monoisotopic (exact) mass is 217 g/mol. The highest BCUT2D eigenvalue weighted by Gasteiger charge is 2.07. The number of aromatic hydroxyl groups is 2. The third-order valence-electron chi connectivity index (χ3n) is 1.41. The zero-order valence-corrected chi connectivity index (χ0v) is 7.30. The lowest BCUT2D eigenvalue weighted by molar-refractivity contribution is 0.397. The molecule has 1 rings (SSSR count). The molecule has 0 spiro atoms. The maximum absolute atomic E-state index is 9.22. The van der Waals surface area contributed by atoms with Gasteiger partial charge in [-0.25, -0.2) is 0 Å². The van der Waals surface area contributed by atoms with E-state index in [2.05, 4.69) is 15.9 Å². The number of phenols is 2. The minimum Gasteiger partial charge on any atom is -0.504 e. The lowest BCUT2D eigenvalue weighted by Crippen LogP contribution is -1.96. The van der Waals surface area contributed by atoms with Gasteiger partial charge in [-0.3, -0.25) is 0 Å². The van der Waals surface area contributed by atoms with Gasteiger partial charge in [-0.05, 0) is 22.0 Å². The van der Waals surface area contributed by atoms with Crippen LogP contribution in [0.25, 0.3) is 0 Å². The van der Waals surface area contributed by atoms with Crippen LogP contribution in [0.15, 0.2) is 16.6 Å². The Labute approximate surface area is 72.6 Å². The van der Waals surface area contributed by atoms with E-state index in [4.69, 9.17) is 10.8 Å². The fourth-order valence-corrected chi connectivity index (χ4v) is 1.08. The van der Waals surface area contributed by atoms with Gasteiger partial charge in [0, 0.05) is 12.1 Å². The van der Waals surface area contributed by atoms with Crippen molar-refractivity contribution in [1.82, 2.24) is 0 Å². The molecule has 4 N–H and O–H groups in total. The van der Waals surface area contributed by atoms with Crippen molar-refractivity contribution in [2.75, 3.05) is 0 Å². The van der Waals surface area contributed by atoms with Crippen molar-refractivity contribution in [2.45, 2.75) is 6.54 Å². The molecular weight excluding hydrogens is 210 g/mol. The molecule has 0 saturated carbocycles. The summed E-state index contributed by atoms with van der Waals surface area (Å²) in [7, 11) is 0. The second-order valence-electron chi connectivity index (χ2n) is 2.11. The van der Waals surface area contributed by atoms with Gasteiger partial charge in [0.1, 0.15) is 0 Å². The topological polar surface area (TPSA) is 66.5 Å². The fourth-order valence-electron chi connectivity index (χ4n) is 0.762. The van der Waals surface area contributed by atoms with Crippen LogP contribution in [0.5, 0.6) is 11.5 Å². The average molecular weight is 218 g/mol. The molecule has 0 heterocycles. The number of halogens is 1. The summed E-state index contributed by atoms with van der Waals surface area (Å²) < 4.78 is 0.465. The van der Waals surface area contributed by atoms with Crippen LogP contribution in [-0.2, 0) is 6.54 Å². The SMILES string of the molecule is NCc1ccc(Br)c(O)c1O. The smallest absolute Gasteiger partial charge is 0.172 e. The molecule has 11 heavy (non-hydrogen) atoms. The molecule has 0 aliphatic carbocycles.